The summed E-state index contributed by atoms with van der Waals surface area (Å²) in [5, 5.41) is 4.73. The molecule has 1 heterocycles. The van der Waals surface area contributed by atoms with Crippen LogP contribution in [0.2, 0.25) is 0 Å². The second-order valence-corrected chi connectivity index (χ2v) is 6.93. The number of fused-ring (bicyclic) bond motifs is 1. The predicted octanol–water partition coefficient (Wildman–Crippen LogP) is 4.72. The van der Waals surface area contributed by atoms with E-state index < -0.39 is 5.54 Å². The second-order valence-electron chi connectivity index (χ2n) is 6.93. The smallest absolute Gasteiger partial charge is 0.331 e. The van der Waals surface area contributed by atoms with E-state index in [2.05, 4.69) is 10.3 Å². The Kier molecular flexibility index (Phi) is 5.40. The van der Waals surface area contributed by atoms with E-state index in [1.807, 2.05) is 24.3 Å². The minimum Gasteiger partial charge on any atom is -0.464 e. The van der Waals surface area contributed by atoms with Crippen LogP contribution in [0.4, 0.5) is 10.1 Å². The van der Waals surface area contributed by atoms with Crippen molar-refractivity contribution in [2.45, 2.75) is 32.7 Å². The van der Waals surface area contributed by atoms with E-state index in [0.717, 1.165) is 22.2 Å². The third-order valence-corrected chi connectivity index (χ3v) is 4.48. The molecule has 2 aromatic carbocycles. The molecule has 0 atom stereocenters. The first-order valence-electron chi connectivity index (χ1n) is 8.97. The number of ether oxygens (including phenoxy) is 1. The average molecular weight is 366 g/mol. The van der Waals surface area contributed by atoms with Crippen molar-refractivity contribution in [2.24, 2.45) is 0 Å². The zero-order valence-electron chi connectivity index (χ0n) is 15.8. The van der Waals surface area contributed by atoms with Gasteiger partial charge in [0.05, 0.1) is 6.61 Å². The normalized spacial score (nSPS) is 11.4. The van der Waals surface area contributed by atoms with E-state index >= 15 is 0 Å². The lowest BCUT2D eigenvalue weighted by Gasteiger charge is -2.26. The molecule has 0 fully saturated rings. The molecule has 27 heavy (non-hydrogen) atoms. The number of nitrogens with one attached hydrogen (secondary N) is 1. The van der Waals surface area contributed by atoms with Gasteiger partial charge in [-0.2, -0.15) is 0 Å². The van der Waals surface area contributed by atoms with Crippen molar-refractivity contribution in [3.63, 3.8) is 0 Å². The van der Waals surface area contributed by atoms with Gasteiger partial charge in [0.25, 0.3) is 0 Å². The van der Waals surface area contributed by atoms with Crippen LogP contribution >= 0.6 is 0 Å². The van der Waals surface area contributed by atoms with Gasteiger partial charge < -0.3 is 10.1 Å². The van der Waals surface area contributed by atoms with Crippen molar-refractivity contribution < 1.29 is 13.9 Å². The number of aromatic nitrogens is 1. The number of esters is 1. The lowest BCUT2D eigenvalue weighted by molar-refractivity contribution is -0.147. The summed E-state index contributed by atoms with van der Waals surface area (Å²) in [4.78, 5) is 16.4. The molecule has 0 amide bonds. The summed E-state index contributed by atoms with van der Waals surface area (Å²) < 4.78 is 19.2. The number of nitrogens with zero attached hydrogens (tertiary/aromatic N) is 1. The molecule has 0 bridgehead atoms. The first kappa shape index (κ1) is 18.8. The number of carbonyl (C=O) groups is 1. The third kappa shape index (κ3) is 4.08. The van der Waals surface area contributed by atoms with Crippen molar-refractivity contribution in [2.75, 3.05) is 11.9 Å². The first-order chi connectivity index (χ1) is 12.9. The van der Waals surface area contributed by atoms with Gasteiger partial charge in [-0.05, 0) is 49.4 Å². The van der Waals surface area contributed by atoms with Gasteiger partial charge in [-0.15, -0.1) is 0 Å². The molecule has 0 aliphatic carbocycles. The van der Waals surface area contributed by atoms with Crippen LogP contribution in [0.1, 0.15) is 31.9 Å². The van der Waals surface area contributed by atoms with Crippen molar-refractivity contribution in [1.29, 1.82) is 0 Å². The Balaban J connectivity index is 1.94. The number of pyridine rings is 1. The summed E-state index contributed by atoms with van der Waals surface area (Å²) >= 11 is 0. The quantitative estimate of drug-likeness (QED) is 0.642. The number of anilines is 1. The van der Waals surface area contributed by atoms with E-state index in [0.29, 0.717) is 18.4 Å². The van der Waals surface area contributed by atoms with Gasteiger partial charge in [0, 0.05) is 29.9 Å². The minimum absolute atomic E-state index is 0.234. The Morgan fingerprint density at radius 3 is 2.59 bits per heavy atom. The zero-order valence-corrected chi connectivity index (χ0v) is 15.8. The Bertz CT molecular complexity index is 969. The van der Waals surface area contributed by atoms with Gasteiger partial charge in [0.1, 0.15) is 11.4 Å². The van der Waals surface area contributed by atoms with Crippen LogP contribution in [0.25, 0.3) is 10.8 Å². The van der Waals surface area contributed by atoms with Crippen LogP contribution in [0.15, 0.2) is 54.9 Å². The van der Waals surface area contributed by atoms with E-state index in [9.17, 15) is 9.18 Å². The molecular weight excluding hydrogens is 343 g/mol. The molecule has 0 radical (unpaired) electrons. The van der Waals surface area contributed by atoms with Crippen LogP contribution in [0.3, 0.4) is 0 Å². The van der Waals surface area contributed by atoms with Crippen molar-refractivity contribution in [3.05, 3.63) is 71.8 Å². The number of benzene rings is 2. The standard InChI is InChI=1S/C22H23FN2O2/c1-4-27-21(26)22(2,3)25-20-11-12-24-14-16(20)13-15-9-10-19(23)18-8-6-5-7-17(15)18/h5-12,14H,4,13H2,1-3H3,(H,24,25). The second kappa shape index (κ2) is 7.74. The maximum atomic E-state index is 14.1. The molecule has 140 valence electrons. The topological polar surface area (TPSA) is 51.2 Å². The van der Waals surface area contributed by atoms with Crippen LogP contribution in [0.5, 0.6) is 0 Å². The Morgan fingerprint density at radius 1 is 1.11 bits per heavy atom. The molecule has 1 aromatic heterocycles. The highest BCUT2D eigenvalue weighted by molar-refractivity contribution is 5.87. The Morgan fingerprint density at radius 2 is 1.85 bits per heavy atom. The number of hydrogen-bond donors (Lipinski definition) is 1. The summed E-state index contributed by atoms with van der Waals surface area (Å²) in [5.41, 5.74) is 1.84. The largest absolute Gasteiger partial charge is 0.464 e. The van der Waals surface area contributed by atoms with Crippen molar-refractivity contribution >= 4 is 22.4 Å². The number of halogens is 1. The molecule has 3 rings (SSSR count). The van der Waals surface area contributed by atoms with Crippen LogP contribution < -0.4 is 5.32 Å². The molecule has 0 aliphatic heterocycles. The van der Waals surface area contributed by atoms with Gasteiger partial charge in [0.15, 0.2) is 0 Å². The van der Waals surface area contributed by atoms with Crippen molar-refractivity contribution in [1.82, 2.24) is 4.98 Å². The van der Waals surface area contributed by atoms with Crippen molar-refractivity contribution in [3.8, 4) is 0 Å². The molecular formula is C22H23FN2O2. The average Bonchev–Trinajstić information content (AvgIpc) is 2.66. The summed E-state index contributed by atoms with van der Waals surface area (Å²) in [6.07, 6.45) is 4.01. The van der Waals surface area contributed by atoms with Gasteiger partial charge in [-0.1, -0.05) is 30.3 Å². The van der Waals surface area contributed by atoms with Gasteiger partial charge in [-0.25, -0.2) is 9.18 Å². The predicted molar refractivity (Wildman–Crippen MR) is 105 cm³/mol. The third-order valence-electron chi connectivity index (χ3n) is 4.48. The molecule has 4 nitrogen and oxygen atoms in total. The van der Waals surface area contributed by atoms with Gasteiger partial charge in [-0.3, -0.25) is 4.98 Å². The highest BCUT2D eigenvalue weighted by Crippen LogP contribution is 2.27. The monoisotopic (exact) mass is 366 g/mol. The molecule has 0 unspecified atom stereocenters. The fourth-order valence-electron chi connectivity index (χ4n) is 3.07. The van der Waals surface area contributed by atoms with Gasteiger partial charge in [0.2, 0.25) is 0 Å². The molecule has 0 saturated carbocycles. The molecule has 5 heteroatoms. The fraction of sp³-hybridized carbons (Fsp3) is 0.273. The highest BCUT2D eigenvalue weighted by atomic mass is 19.1. The maximum Gasteiger partial charge on any atom is 0.331 e. The molecule has 3 aromatic rings. The lowest BCUT2D eigenvalue weighted by Crippen LogP contribution is -2.41. The van der Waals surface area contributed by atoms with E-state index in [-0.39, 0.29) is 11.8 Å². The number of carbonyl (C=O) groups excluding carboxylic acids is 1. The summed E-state index contributed by atoms with van der Waals surface area (Å²) in [5.74, 6) is -0.553. The van der Waals surface area contributed by atoms with E-state index in [1.165, 1.54) is 6.07 Å². The Hall–Kier alpha value is -2.95. The Labute approximate surface area is 158 Å². The lowest BCUT2D eigenvalue weighted by atomic mass is 9.97. The van der Waals surface area contributed by atoms with E-state index in [4.69, 9.17) is 4.74 Å². The number of hydrogen-bond acceptors (Lipinski definition) is 4. The summed E-state index contributed by atoms with van der Waals surface area (Å²) in [7, 11) is 0. The summed E-state index contributed by atoms with van der Waals surface area (Å²) in [6.45, 7) is 5.67. The van der Waals surface area contributed by atoms with Crippen LogP contribution in [0, 0.1) is 5.82 Å². The molecule has 1 N–H and O–H groups in total. The van der Waals surface area contributed by atoms with Crippen LogP contribution in [-0.2, 0) is 16.0 Å². The molecule has 0 aliphatic rings. The van der Waals surface area contributed by atoms with Crippen LogP contribution in [-0.4, -0.2) is 23.1 Å². The molecule has 0 spiro atoms. The molecule has 0 saturated heterocycles. The zero-order chi connectivity index (χ0) is 19.4. The SMILES string of the molecule is CCOC(=O)C(C)(C)Nc1ccncc1Cc1ccc(F)c2ccccc12. The highest BCUT2D eigenvalue weighted by Gasteiger charge is 2.29. The maximum absolute atomic E-state index is 14.1. The minimum atomic E-state index is -0.878. The van der Waals surface area contributed by atoms with Gasteiger partial charge >= 0.3 is 5.97 Å². The van der Waals surface area contributed by atoms with E-state index in [1.54, 1.807) is 45.3 Å². The number of rotatable bonds is 6. The fourth-order valence-corrected chi connectivity index (χ4v) is 3.07. The first-order valence-corrected chi connectivity index (χ1v) is 8.97. The summed E-state index contributed by atoms with van der Waals surface area (Å²) in [6, 6.07) is 12.5.